The Bertz CT molecular complexity index is 1150. The van der Waals surface area contributed by atoms with Crippen LogP contribution in [0.3, 0.4) is 0 Å². The van der Waals surface area contributed by atoms with Crippen LogP contribution in [0.25, 0.3) is 33.4 Å². The summed E-state index contributed by atoms with van der Waals surface area (Å²) in [5.74, 6) is -1.40. The van der Waals surface area contributed by atoms with Gasteiger partial charge in [0.25, 0.3) is 0 Å². The number of hydrogen-bond acceptors (Lipinski definition) is 5. The summed E-state index contributed by atoms with van der Waals surface area (Å²) in [7, 11) is 0. The summed E-state index contributed by atoms with van der Waals surface area (Å²) in [5, 5.41) is 29.8. The molecule has 2 aliphatic rings. The fourth-order valence-corrected chi connectivity index (χ4v) is 2.86. The molecule has 2 aromatic rings. The molecule has 1 aliphatic heterocycles. The maximum atomic E-state index is 13.3. The van der Waals surface area contributed by atoms with E-state index in [1.807, 2.05) is 0 Å². The normalized spacial score (nSPS) is 11.2. The largest absolute Gasteiger partial charge is 0.504 e. The minimum absolute atomic E-state index is 0.194. The third-order valence-corrected chi connectivity index (χ3v) is 4.03. The Balaban J connectivity index is 2.22. The van der Waals surface area contributed by atoms with Gasteiger partial charge in [0.1, 0.15) is 17.2 Å². The molecule has 3 N–H and O–H groups in total. The summed E-state index contributed by atoms with van der Waals surface area (Å²) in [6, 6.07) is 10.6. The van der Waals surface area contributed by atoms with Crippen molar-refractivity contribution in [2.75, 3.05) is 0 Å². The first-order chi connectivity index (χ1) is 11.9. The van der Waals surface area contributed by atoms with E-state index in [0.29, 0.717) is 22.1 Å². The first-order valence-electron chi connectivity index (χ1n) is 7.35. The molecule has 0 radical (unpaired) electrons. The van der Waals surface area contributed by atoms with Crippen molar-refractivity contribution in [1.29, 1.82) is 0 Å². The number of benzene rings is 3. The molecule has 1 aliphatic carbocycles. The van der Waals surface area contributed by atoms with Crippen molar-refractivity contribution < 1.29 is 24.1 Å². The second-order valence-corrected chi connectivity index (χ2v) is 5.64. The zero-order valence-electron chi connectivity index (χ0n) is 12.7. The Kier molecular flexibility index (Phi) is 3.15. The second kappa shape index (κ2) is 5.24. The van der Waals surface area contributed by atoms with Crippen LogP contribution in [0, 0.1) is 5.82 Å². The van der Waals surface area contributed by atoms with E-state index in [9.17, 15) is 24.5 Å². The van der Waals surface area contributed by atoms with Gasteiger partial charge in [-0.3, -0.25) is 4.79 Å². The fourth-order valence-electron chi connectivity index (χ4n) is 2.86. The molecule has 0 spiro atoms. The van der Waals surface area contributed by atoms with Gasteiger partial charge in [-0.05, 0) is 29.8 Å². The monoisotopic (exact) mass is 338 g/mol. The van der Waals surface area contributed by atoms with Crippen LogP contribution in [0.2, 0.25) is 0 Å². The van der Waals surface area contributed by atoms with Crippen molar-refractivity contribution in [3.05, 3.63) is 64.6 Å². The van der Waals surface area contributed by atoms with Crippen LogP contribution < -0.4 is 5.43 Å². The van der Waals surface area contributed by atoms with E-state index >= 15 is 0 Å². The van der Waals surface area contributed by atoms with E-state index in [-0.39, 0.29) is 22.8 Å². The molecule has 0 aromatic heterocycles. The van der Waals surface area contributed by atoms with E-state index in [2.05, 4.69) is 0 Å². The number of aromatic hydroxyl groups is 3. The molecule has 2 aromatic carbocycles. The maximum absolute atomic E-state index is 13.3. The minimum Gasteiger partial charge on any atom is -0.504 e. The Hall–Kier alpha value is -3.54. The highest BCUT2D eigenvalue weighted by atomic mass is 19.1. The summed E-state index contributed by atoms with van der Waals surface area (Å²) in [6.07, 6.45) is 0. The lowest BCUT2D eigenvalue weighted by atomic mass is 9.93. The van der Waals surface area contributed by atoms with Crippen LogP contribution >= 0.6 is 0 Å². The molecular formula is C19H11FO5. The molecule has 0 fully saturated rings. The lowest BCUT2D eigenvalue weighted by molar-refractivity contribution is 0.404. The van der Waals surface area contributed by atoms with E-state index in [1.54, 1.807) is 0 Å². The van der Waals surface area contributed by atoms with Gasteiger partial charge >= 0.3 is 0 Å². The number of hydrogen-bond donors (Lipinski definition) is 3. The van der Waals surface area contributed by atoms with Crippen molar-refractivity contribution in [3.63, 3.8) is 0 Å². The lowest BCUT2D eigenvalue weighted by Crippen LogP contribution is -2.01. The molecule has 124 valence electrons. The summed E-state index contributed by atoms with van der Waals surface area (Å²) in [4.78, 5) is 11.7. The molecule has 0 unspecified atom stereocenters. The van der Waals surface area contributed by atoms with Gasteiger partial charge in [0.15, 0.2) is 17.2 Å². The highest BCUT2D eigenvalue weighted by Gasteiger charge is 2.20. The van der Waals surface area contributed by atoms with Crippen molar-refractivity contribution in [2.24, 2.45) is 0 Å². The molecule has 0 saturated carbocycles. The van der Waals surface area contributed by atoms with E-state index in [4.69, 9.17) is 4.42 Å². The molecule has 1 heterocycles. The maximum Gasteiger partial charge on any atom is 0.223 e. The van der Waals surface area contributed by atoms with Gasteiger partial charge < -0.3 is 19.7 Å². The molecule has 0 bridgehead atoms. The number of phenolic OH excluding ortho intramolecular Hbond substituents is 3. The number of rotatable bonds is 1. The number of fused-ring (bicyclic) bond motifs is 2. The van der Waals surface area contributed by atoms with Crippen molar-refractivity contribution in [1.82, 2.24) is 0 Å². The standard InChI is InChI=1S/C19H11FO5/c20-10-3-1-9(2-4-10)19-11-5-13(21)15(23)7-17(11)25-18-8-16(24)14(22)6-12(18)19/h1-8,21-23H. The van der Waals surface area contributed by atoms with E-state index < -0.39 is 17.0 Å². The fraction of sp³-hybridized carbons (Fsp3) is 0. The predicted molar refractivity (Wildman–Crippen MR) is 89.5 cm³/mol. The van der Waals surface area contributed by atoms with Gasteiger partial charge in [-0.2, -0.15) is 0 Å². The second-order valence-electron chi connectivity index (χ2n) is 5.64. The Labute approximate surface area is 140 Å². The average Bonchev–Trinajstić information content (AvgIpc) is 2.57. The molecular weight excluding hydrogens is 327 g/mol. The number of halogens is 1. The van der Waals surface area contributed by atoms with Gasteiger partial charge in [0, 0.05) is 28.6 Å². The van der Waals surface area contributed by atoms with Crippen LogP contribution in [0.4, 0.5) is 4.39 Å². The molecule has 4 rings (SSSR count). The summed E-state index contributed by atoms with van der Waals surface area (Å²) < 4.78 is 18.9. The molecule has 0 saturated heterocycles. The molecule has 6 heteroatoms. The Morgan fingerprint density at radius 2 is 1.52 bits per heavy atom. The summed E-state index contributed by atoms with van der Waals surface area (Å²) in [5.41, 5.74) is 1.16. The predicted octanol–water partition coefficient (Wildman–Crippen LogP) is 3.82. The highest BCUT2D eigenvalue weighted by molar-refractivity contribution is 6.03. The van der Waals surface area contributed by atoms with Crippen LogP contribution in [-0.2, 0) is 0 Å². The minimum atomic E-state index is -0.608. The number of phenols is 3. The topological polar surface area (TPSA) is 90.9 Å². The van der Waals surface area contributed by atoms with Gasteiger partial charge in [0.2, 0.25) is 5.43 Å². The quantitative estimate of drug-likeness (QED) is 0.362. The lowest BCUT2D eigenvalue weighted by Gasteiger charge is -2.16. The van der Waals surface area contributed by atoms with Crippen LogP contribution in [-0.4, -0.2) is 15.3 Å². The summed E-state index contributed by atoms with van der Waals surface area (Å²) in [6.45, 7) is 0. The third kappa shape index (κ3) is 2.35. The zero-order chi connectivity index (χ0) is 17.7. The SMILES string of the molecule is O=c1cc2oc3cc(O)c(O)cc3c(-c3ccc(F)cc3)c-2cc1O. The van der Waals surface area contributed by atoms with E-state index in [0.717, 1.165) is 6.07 Å². The summed E-state index contributed by atoms with van der Waals surface area (Å²) >= 11 is 0. The van der Waals surface area contributed by atoms with E-state index in [1.165, 1.54) is 42.5 Å². The van der Waals surface area contributed by atoms with Crippen molar-refractivity contribution in [3.8, 4) is 39.7 Å². The van der Waals surface area contributed by atoms with Crippen LogP contribution in [0.1, 0.15) is 0 Å². The molecule has 0 amide bonds. The van der Waals surface area contributed by atoms with Crippen LogP contribution in [0.5, 0.6) is 17.2 Å². The van der Waals surface area contributed by atoms with Crippen LogP contribution in [0.15, 0.2) is 57.7 Å². The smallest absolute Gasteiger partial charge is 0.223 e. The first kappa shape index (κ1) is 15.0. The molecule has 0 atom stereocenters. The third-order valence-electron chi connectivity index (χ3n) is 4.03. The van der Waals surface area contributed by atoms with Gasteiger partial charge in [0.05, 0.1) is 0 Å². The average molecular weight is 338 g/mol. The highest BCUT2D eigenvalue weighted by Crippen LogP contribution is 2.43. The van der Waals surface area contributed by atoms with Crippen molar-refractivity contribution in [2.45, 2.75) is 0 Å². The first-order valence-corrected chi connectivity index (χ1v) is 7.35. The zero-order valence-corrected chi connectivity index (χ0v) is 12.7. The molecule has 5 nitrogen and oxygen atoms in total. The van der Waals surface area contributed by atoms with Gasteiger partial charge in [-0.1, -0.05) is 12.1 Å². The van der Waals surface area contributed by atoms with Gasteiger partial charge in [-0.15, -0.1) is 0 Å². The Morgan fingerprint density at radius 1 is 0.840 bits per heavy atom. The van der Waals surface area contributed by atoms with Gasteiger partial charge in [-0.25, -0.2) is 4.39 Å². The van der Waals surface area contributed by atoms with Crippen molar-refractivity contribution >= 4 is 11.0 Å². The Morgan fingerprint density at radius 3 is 2.24 bits per heavy atom. The molecule has 25 heavy (non-hydrogen) atoms.